The fourth-order valence-corrected chi connectivity index (χ4v) is 1.48. The Kier molecular flexibility index (Phi) is 2.87. The van der Waals surface area contributed by atoms with Crippen molar-refractivity contribution in [2.45, 2.75) is 18.9 Å². The Morgan fingerprint density at radius 3 is 3.06 bits per heavy atom. The summed E-state index contributed by atoms with van der Waals surface area (Å²) in [7, 11) is 0. The van der Waals surface area contributed by atoms with Crippen LogP contribution in [0.15, 0.2) is 29.0 Å². The number of carboxylic acids is 1. The maximum absolute atomic E-state index is 10.4. The number of aryl methyl sites for hydroxylation is 1. The van der Waals surface area contributed by atoms with E-state index in [1.807, 2.05) is 6.07 Å². The number of nitrogens with zero attached hydrogens (tertiary/aromatic N) is 1. The molecule has 0 spiro atoms. The molecule has 0 saturated heterocycles. The average Bonchev–Trinajstić information content (AvgIpc) is 2.72. The molecule has 84 valence electrons. The van der Waals surface area contributed by atoms with E-state index in [1.54, 1.807) is 12.1 Å². The van der Waals surface area contributed by atoms with Gasteiger partial charge in [-0.2, -0.15) is 0 Å². The van der Waals surface area contributed by atoms with E-state index in [4.69, 9.17) is 14.6 Å². The highest BCUT2D eigenvalue weighted by Gasteiger charge is 2.12. The molecule has 0 aliphatic carbocycles. The summed E-state index contributed by atoms with van der Waals surface area (Å²) in [5, 5.41) is 17.6. The maximum atomic E-state index is 10.4. The van der Waals surface area contributed by atoms with Crippen molar-refractivity contribution in [1.29, 1.82) is 0 Å². The van der Waals surface area contributed by atoms with Gasteiger partial charge in [0, 0.05) is 0 Å². The molecule has 5 nitrogen and oxygen atoms in total. The molecule has 0 saturated carbocycles. The number of aliphatic carboxylic acids is 1. The number of oxazole rings is 1. The van der Waals surface area contributed by atoms with Crippen molar-refractivity contribution in [2.24, 2.45) is 0 Å². The van der Waals surface area contributed by atoms with Gasteiger partial charge in [-0.25, -0.2) is 9.78 Å². The van der Waals surface area contributed by atoms with Crippen LogP contribution in [0.4, 0.5) is 0 Å². The minimum absolute atomic E-state index is 0.189. The highest BCUT2D eigenvalue weighted by atomic mass is 16.4. The molecular weight excluding hydrogens is 210 g/mol. The molecule has 1 heterocycles. The van der Waals surface area contributed by atoms with Crippen LogP contribution in [-0.2, 0) is 11.2 Å². The van der Waals surface area contributed by atoms with Gasteiger partial charge in [-0.3, -0.25) is 0 Å². The number of hydrogen-bond acceptors (Lipinski definition) is 4. The Morgan fingerprint density at radius 2 is 2.31 bits per heavy atom. The number of aromatic nitrogens is 1. The molecule has 1 aromatic heterocycles. The molecule has 0 radical (unpaired) electrons. The van der Waals surface area contributed by atoms with Gasteiger partial charge in [-0.15, -0.1) is 0 Å². The first-order valence-corrected chi connectivity index (χ1v) is 4.90. The lowest BCUT2D eigenvalue weighted by Gasteiger charge is -2.04. The highest BCUT2D eigenvalue weighted by molar-refractivity contribution is 5.73. The number of aliphatic hydroxyl groups is 1. The van der Waals surface area contributed by atoms with Crippen LogP contribution in [0.1, 0.15) is 12.0 Å². The van der Waals surface area contributed by atoms with Gasteiger partial charge in [0.05, 0.1) is 0 Å². The zero-order valence-electron chi connectivity index (χ0n) is 8.46. The van der Waals surface area contributed by atoms with E-state index in [-0.39, 0.29) is 6.42 Å². The number of fused-ring (bicyclic) bond motifs is 1. The Labute approximate surface area is 91.3 Å². The van der Waals surface area contributed by atoms with Crippen LogP contribution in [0.2, 0.25) is 0 Å². The smallest absolute Gasteiger partial charge is 0.332 e. The second kappa shape index (κ2) is 4.32. The number of rotatable bonds is 4. The van der Waals surface area contributed by atoms with E-state index in [2.05, 4.69) is 4.98 Å². The number of hydrogen-bond donors (Lipinski definition) is 2. The summed E-state index contributed by atoms with van der Waals surface area (Å²) in [5.74, 6) is -1.19. The first-order chi connectivity index (χ1) is 7.66. The lowest BCUT2D eigenvalue weighted by molar-refractivity contribution is -0.146. The molecule has 1 aromatic carbocycles. The molecule has 2 aromatic rings. The minimum atomic E-state index is -1.31. The standard InChI is InChI=1S/C11H11NO4/c13-9(11(14)15)4-2-7-1-3-8-10(5-7)16-6-12-8/h1,3,5-6,9,13H,2,4H2,(H,14,15). The molecule has 5 heteroatoms. The van der Waals surface area contributed by atoms with Gasteiger partial charge >= 0.3 is 5.97 Å². The van der Waals surface area contributed by atoms with E-state index >= 15 is 0 Å². The zero-order valence-corrected chi connectivity index (χ0v) is 8.46. The molecule has 0 aliphatic heterocycles. The first-order valence-electron chi connectivity index (χ1n) is 4.90. The van der Waals surface area contributed by atoms with Gasteiger partial charge in [-0.1, -0.05) is 6.07 Å². The van der Waals surface area contributed by atoms with E-state index < -0.39 is 12.1 Å². The molecule has 16 heavy (non-hydrogen) atoms. The van der Waals surface area contributed by atoms with E-state index in [0.29, 0.717) is 12.0 Å². The van der Waals surface area contributed by atoms with Crippen molar-refractivity contribution in [2.75, 3.05) is 0 Å². The summed E-state index contributed by atoms with van der Waals surface area (Å²) >= 11 is 0. The Morgan fingerprint density at radius 1 is 1.50 bits per heavy atom. The fourth-order valence-electron chi connectivity index (χ4n) is 1.48. The van der Waals surface area contributed by atoms with Gasteiger partial charge < -0.3 is 14.6 Å². The summed E-state index contributed by atoms with van der Waals surface area (Å²) < 4.78 is 5.12. The van der Waals surface area contributed by atoms with Gasteiger partial charge in [-0.05, 0) is 30.5 Å². The van der Waals surface area contributed by atoms with E-state index in [9.17, 15) is 4.79 Å². The summed E-state index contributed by atoms with van der Waals surface area (Å²) in [6.07, 6.45) is 0.727. The quantitative estimate of drug-likeness (QED) is 0.810. The summed E-state index contributed by atoms with van der Waals surface area (Å²) in [4.78, 5) is 14.4. The Hall–Kier alpha value is -1.88. The molecule has 0 bridgehead atoms. The SMILES string of the molecule is O=C(O)C(O)CCc1ccc2ncoc2c1. The third kappa shape index (κ3) is 2.20. The molecular formula is C11H11NO4. The summed E-state index contributed by atoms with van der Waals surface area (Å²) in [6, 6.07) is 5.46. The summed E-state index contributed by atoms with van der Waals surface area (Å²) in [6.45, 7) is 0. The first kappa shape index (κ1) is 10.6. The Balaban J connectivity index is 2.06. The minimum Gasteiger partial charge on any atom is -0.479 e. The molecule has 0 amide bonds. The Bertz CT molecular complexity index is 505. The number of carbonyl (C=O) groups is 1. The van der Waals surface area contributed by atoms with E-state index in [0.717, 1.165) is 11.1 Å². The van der Waals surface area contributed by atoms with Crippen LogP contribution in [0.3, 0.4) is 0 Å². The number of benzene rings is 1. The van der Waals surface area contributed by atoms with Crippen LogP contribution < -0.4 is 0 Å². The van der Waals surface area contributed by atoms with Crippen LogP contribution >= 0.6 is 0 Å². The second-order valence-corrected chi connectivity index (χ2v) is 3.55. The molecule has 1 atom stereocenters. The third-order valence-corrected chi connectivity index (χ3v) is 2.39. The normalized spacial score (nSPS) is 12.8. The number of carboxylic acid groups (broad SMARTS) is 1. The topological polar surface area (TPSA) is 83.6 Å². The number of aliphatic hydroxyl groups excluding tert-OH is 1. The third-order valence-electron chi connectivity index (χ3n) is 2.39. The molecule has 0 fully saturated rings. The van der Waals surface area contributed by atoms with Crippen LogP contribution in [0.5, 0.6) is 0 Å². The predicted molar refractivity (Wildman–Crippen MR) is 56.0 cm³/mol. The average molecular weight is 221 g/mol. The molecule has 1 unspecified atom stereocenters. The van der Waals surface area contributed by atoms with Crippen molar-refractivity contribution in [3.63, 3.8) is 0 Å². The molecule has 2 rings (SSSR count). The van der Waals surface area contributed by atoms with Gasteiger partial charge in [0.15, 0.2) is 18.1 Å². The second-order valence-electron chi connectivity index (χ2n) is 3.55. The maximum Gasteiger partial charge on any atom is 0.332 e. The fraction of sp³-hybridized carbons (Fsp3) is 0.273. The van der Waals surface area contributed by atoms with Crippen molar-refractivity contribution in [3.8, 4) is 0 Å². The van der Waals surface area contributed by atoms with Crippen molar-refractivity contribution in [1.82, 2.24) is 4.98 Å². The van der Waals surface area contributed by atoms with Crippen LogP contribution in [0.25, 0.3) is 11.1 Å². The van der Waals surface area contributed by atoms with Gasteiger partial charge in [0.2, 0.25) is 0 Å². The zero-order chi connectivity index (χ0) is 11.5. The van der Waals surface area contributed by atoms with Gasteiger partial charge in [0.25, 0.3) is 0 Å². The molecule has 0 aliphatic rings. The largest absolute Gasteiger partial charge is 0.479 e. The lowest BCUT2D eigenvalue weighted by atomic mass is 10.1. The van der Waals surface area contributed by atoms with Crippen molar-refractivity contribution >= 4 is 17.1 Å². The van der Waals surface area contributed by atoms with Crippen molar-refractivity contribution in [3.05, 3.63) is 30.2 Å². The lowest BCUT2D eigenvalue weighted by Crippen LogP contribution is -2.19. The predicted octanol–water partition coefficient (Wildman–Crippen LogP) is 1.21. The van der Waals surface area contributed by atoms with Crippen LogP contribution in [0, 0.1) is 0 Å². The monoisotopic (exact) mass is 221 g/mol. The summed E-state index contributed by atoms with van der Waals surface area (Å²) in [5.41, 5.74) is 2.36. The molecule has 2 N–H and O–H groups in total. The van der Waals surface area contributed by atoms with Gasteiger partial charge in [0.1, 0.15) is 5.52 Å². The van der Waals surface area contributed by atoms with Crippen molar-refractivity contribution < 1.29 is 19.4 Å². The van der Waals surface area contributed by atoms with Crippen LogP contribution in [-0.4, -0.2) is 27.3 Å². The van der Waals surface area contributed by atoms with E-state index in [1.165, 1.54) is 6.39 Å². The highest BCUT2D eigenvalue weighted by Crippen LogP contribution is 2.15.